The minimum atomic E-state index is -0.0406. The normalized spacial score (nSPS) is 13.7. The summed E-state index contributed by atoms with van der Waals surface area (Å²) in [5, 5.41) is 0. The van der Waals surface area contributed by atoms with E-state index < -0.39 is 0 Å². The number of ether oxygens (including phenoxy) is 2. The number of hydrogen-bond acceptors (Lipinski definition) is 4. The van der Waals surface area contributed by atoms with Crippen molar-refractivity contribution in [3.63, 3.8) is 0 Å². The molecule has 1 aromatic heterocycles. The number of amides is 1. The van der Waals surface area contributed by atoms with E-state index in [1.165, 1.54) is 0 Å². The van der Waals surface area contributed by atoms with Crippen LogP contribution in [-0.4, -0.2) is 41.0 Å². The molecule has 1 aromatic carbocycles. The Bertz CT molecular complexity index is 639. The highest BCUT2D eigenvalue weighted by Crippen LogP contribution is 2.25. The van der Waals surface area contributed by atoms with Gasteiger partial charge in [0.2, 0.25) is 0 Å². The van der Waals surface area contributed by atoms with Crippen molar-refractivity contribution in [3.8, 4) is 11.5 Å². The Balaban J connectivity index is 1.60. The van der Waals surface area contributed by atoms with E-state index in [0.29, 0.717) is 24.6 Å². The number of hydrogen-bond donors (Lipinski definition) is 1. The molecule has 0 saturated carbocycles. The number of aromatic nitrogens is 2. The second kappa shape index (κ2) is 5.87. The van der Waals surface area contributed by atoms with Gasteiger partial charge in [-0.15, -0.1) is 0 Å². The maximum atomic E-state index is 12.2. The lowest BCUT2D eigenvalue weighted by atomic mass is 10.1. The van der Waals surface area contributed by atoms with Crippen LogP contribution in [0.2, 0.25) is 0 Å². The highest BCUT2D eigenvalue weighted by atomic mass is 16.5. The summed E-state index contributed by atoms with van der Waals surface area (Å²) < 4.78 is 10.8. The van der Waals surface area contributed by atoms with Crippen molar-refractivity contribution >= 4 is 5.91 Å². The number of fused-ring (bicyclic) bond motifs is 1. The van der Waals surface area contributed by atoms with E-state index in [2.05, 4.69) is 9.97 Å². The number of carbonyl (C=O) groups excluding carboxylic acids is 1. The molecule has 0 aliphatic carbocycles. The van der Waals surface area contributed by atoms with E-state index in [0.717, 1.165) is 17.8 Å². The third-order valence-electron chi connectivity index (χ3n) is 3.55. The average Bonchev–Trinajstić information content (AvgIpc) is 3.00. The molecule has 1 aliphatic rings. The summed E-state index contributed by atoms with van der Waals surface area (Å²) in [6.45, 7) is 1.24. The van der Waals surface area contributed by atoms with Gasteiger partial charge in [-0.25, -0.2) is 4.98 Å². The zero-order chi connectivity index (χ0) is 14.7. The quantitative estimate of drug-likeness (QED) is 0.922. The minimum absolute atomic E-state index is 0.00381. The number of H-pyrrole nitrogens is 1. The Morgan fingerprint density at radius 2 is 2.19 bits per heavy atom. The van der Waals surface area contributed by atoms with Crippen LogP contribution in [-0.2, 0) is 17.8 Å². The molecule has 0 unspecified atom stereocenters. The molecule has 0 radical (unpaired) electrons. The second-order valence-electron chi connectivity index (χ2n) is 4.83. The van der Waals surface area contributed by atoms with Crippen LogP contribution in [0.3, 0.4) is 0 Å². The summed E-state index contributed by atoms with van der Waals surface area (Å²) in [4.78, 5) is 21.3. The van der Waals surface area contributed by atoms with Crippen LogP contribution in [0, 0.1) is 0 Å². The molecule has 0 spiro atoms. The van der Waals surface area contributed by atoms with Gasteiger partial charge >= 0.3 is 0 Å². The zero-order valence-electron chi connectivity index (χ0n) is 11.8. The third-order valence-corrected chi connectivity index (χ3v) is 3.55. The summed E-state index contributed by atoms with van der Waals surface area (Å²) in [6.07, 6.45) is 2.45. The number of benzene rings is 1. The number of rotatable bonds is 4. The van der Waals surface area contributed by atoms with E-state index in [-0.39, 0.29) is 12.5 Å². The van der Waals surface area contributed by atoms with E-state index in [1.54, 1.807) is 30.5 Å². The fourth-order valence-electron chi connectivity index (χ4n) is 2.39. The van der Waals surface area contributed by atoms with Gasteiger partial charge in [-0.3, -0.25) is 4.79 Å². The molecular formula is C15H17N3O3. The molecule has 1 amide bonds. The zero-order valence-corrected chi connectivity index (χ0v) is 11.8. The van der Waals surface area contributed by atoms with E-state index in [1.807, 2.05) is 12.1 Å². The topological polar surface area (TPSA) is 67.5 Å². The lowest BCUT2D eigenvalue weighted by Gasteiger charge is -2.26. The molecule has 0 saturated heterocycles. The second-order valence-corrected chi connectivity index (χ2v) is 4.83. The van der Waals surface area contributed by atoms with Gasteiger partial charge in [0, 0.05) is 13.0 Å². The first kappa shape index (κ1) is 13.5. The standard InChI is InChI=1S/C15H17N3O3/c1-20-13-4-2-3-5-14(13)21-9-15(19)18-7-6-11-12(8-18)17-10-16-11/h2-5,10H,6-9H2,1H3,(H,16,17). The molecule has 2 heterocycles. The number of para-hydroxylation sites is 2. The van der Waals surface area contributed by atoms with Gasteiger partial charge in [0.25, 0.3) is 5.91 Å². The predicted molar refractivity (Wildman–Crippen MR) is 76.2 cm³/mol. The lowest BCUT2D eigenvalue weighted by molar-refractivity contribution is -0.134. The fourth-order valence-corrected chi connectivity index (χ4v) is 2.39. The maximum Gasteiger partial charge on any atom is 0.260 e. The van der Waals surface area contributed by atoms with Crippen LogP contribution < -0.4 is 9.47 Å². The largest absolute Gasteiger partial charge is 0.493 e. The first-order chi connectivity index (χ1) is 10.3. The lowest BCUT2D eigenvalue weighted by Crippen LogP contribution is -2.38. The molecule has 0 atom stereocenters. The van der Waals surface area contributed by atoms with Gasteiger partial charge in [-0.1, -0.05) is 12.1 Å². The van der Waals surface area contributed by atoms with Crippen LogP contribution >= 0.6 is 0 Å². The SMILES string of the molecule is COc1ccccc1OCC(=O)N1CCc2nc[nH]c2C1. The van der Waals surface area contributed by atoms with Crippen molar-refractivity contribution in [2.45, 2.75) is 13.0 Å². The number of carbonyl (C=O) groups is 1. The Hall–Kier alpha value is -2.50. The molecule has 0 bridgehead atoms. The monoisotopic (exact) mass is 287 g/mol. The van der Waals surface area contributed by atoms with Crippen molar-refractivity contribution in [3.05, 3.63) is 42.0 Å². The fraction of sp³-hybridized carbons (Fsp3) is 0.333. The molecule has 6 heteroatoms. The summed E-state index contributed by atoms with van der Waals surface area (Å²) in [5.74, 6) is 1.16. The van der Waals surface area contributed by atoms with E-state index in [4.69, 9.17) is 9.47 Å². The molecular weight excluding hydrogens is 270 g/mol. The van der Waals surface area contributed by atoms with Gasteiger partial charge in [0.15, 0.2) is 18.1 Å². The summed E-state index contributed by atoms with van der Waals surface area (Å²) in [7, 11) is 1.58. The van der Waals surface area contributed by atoms with Crippen molar-refractivity contribution in [2.75, 3.05) is 20.3 Å². The van der Waals surface area contributed by atoms with E-state index >= 15 is 0 Å². The van der Waals surface area contributed by atoms with Gasteiger partial charge < -0.3 is 19.4 Å². The van der Waals surface area contributed by atoms with E-state index in [9.17, 15) is 4.79 Å². The first-order valence-electron chi connectivity index (χ1n) is 6.82. The van der Waals surface area contributed by atoms with Gasteiger partial charge in [-0.05, 0) is 12.1 Å². The molecule has 1 N–H and O–H groups in total. The Morgan fingerprint density at radius 1 is 1.38 bits per heavy atom. The summed E-state index contributed by atoms with van der Waals surface area (Å²) >= 11 is 0. The number of nitrogens with one attached hydrogen (secondary N) is 1. The molecule has 2 aromatic rings. The Kier molecular flexibility index (Phi) is 3.77. The third kappa shape index (κ3) is 2.84. The molecule has 6 nitrogen and oxygen atoms in total. The number of aromatic amines is 1. The molecule has 110 valence electrons. The molecule has 1 aliphatic heterocycles. The average molecular weight is 287 g/mol. The van der Waals surface area contributed by atoms with Crippen molar-refractivity contribution in [2.24, 2.45) is 0 Å². The number of imidazole rings is 1. The highest BCUT2D eigenvalue weighted by Gasteiger charge is 2.22. The van der Waals surface area contributed by atoms with Crippen molar-refractivity contribution in [1.82, 2.24) is 14.9 Å². The van der Waals surface area contributed by atoms with Crippen molar-refractivity contribution in [1.29, 1.82) is 0 Å². The Morgan fingerprint density at radius 3 is 3.00 bits per heavy atom. The predicted octanol–water partition coefficient (Wildman–Crippen LogP) is 1.38. The van der Waals surface area contributed by atoms with Gasteiger partial charge in [0.05, 0.1) is 31.4 Å². The first-order valence-corrected chi connectivity index (χ1v) is 6.82. The summed E-state index contributed by atoms with van der Waals surface area (Å²) in [6, 6.07) is 7.30. The van der Waals surface area contributed by atoms with Crippen LogP contribution in [0.15, 0.2) is 30.6 Å². The minimum Gasteiger partial charge on any atom is -0.493 e. The summed E-state index contributed by atoms with van der Waals surface area (Å²) in [5.41, 5.74) is 2.05. The molecule has 3 rings (SSSR count). The van der Waals surface area contributed by atoms with Crippen LogP contribution in [0.5, 0.6) is 11.5 Å². The highest BCUT2D eigenvalue weighted by molar-refractivity contribution is 5.78. The van der Waals surface area contributed by atoms with Crippen LogP contribution in [0.4, 0.5) is 0 Å². The molecule has 0 fully saturated rings. The Labute approximate surface area is 122 Å². The van der Waals surface area contributed by atoms with Gasteiger partial charge in [-0.2, -0.15) is 0 Å². The van der Waals surface area contributed by atoms with Crippen LogP contribution in [0.25, 0.3) is 0 Å². The maximum absolute atomic E-state index is 12.2. The van der Waals surface area contributed by atoms with Crippen molar-refractivity contribution < 1.29 is 14.3 Å². The smallest absolute Gasteiger partial charge is 0.260 e. The van der Waals surface area contributed by atoms with Crippen LogP contribution in [0.1, 0.15) is 11.4 Å². The number of nitrogens with zero attached hydrogens (tertiary/aromatic N) is 2. The number of methoxy groups -OCH3 is 1. The van der Waals surface area contributed by atoms with Gasteiger partial charge in [0.1, 0.15) is 0 Å². The molecule has 21 heavy (non-hydrogen) atoms.